The van der Waals surface area contributed by atoms with Crippen LogP contribution in [0.1, 0.15) is 90.5 Å². The Hall–Kier alpha value is -3.03. The molecule has 1 aromatic heterocycles. The number of anilines is 1. The number of hydrogen-bond acceptors (Lipinski definition) is 4. The lowest BCUT2D eigenvalue weighted by molar-refractivity contribution is 0.0224. The number of ether oxygens (including phenoxy) is 1. The molecule has 1 aromatic carbocycles. The third-order valence-corrected chi connectivity index (χ3v) is 6.76. The maximum absolute atomic E-state index is 12.8. The molecule has 0 unspecified atom stereocenters. The summed E-state index contributed by atoms with van der Waals surface area (Å²) in [5, 5.41) is 11.1. The normalized spacial score (nSPS) is 16.9. The van der Waals surface area contributed by atoms with Gasteiger partial charge in [-0.25, -0.2) is 14.3 Å². The molecular weight excluding hydrogens is 454 g/mol. The van der Waals surface area contributed by atoms with Crippen LogP contribution in [0.5, 0.6) is 0 Å². The van der Waals surface area contributed by atoms with Gasteiger partial charge in [-0.2, -0.15) is 5.10 Å². The number of carbonyl (C=O) groups excluding carboxylic acids is 2. The van der Waals surface area contributed by atoms with Gasteiger partial charge >= 0.3 is 12.1 Å². The number of amides is 3. The number of urea groups is 1. The lowest BCUT2D eigenvalue weighted by Gasteiger charge is -2.31. The van der Waals surface area contributed by atoms with Crippen LogP contribution in [-0.4, -0.2) is 45.0 Å². The van der Waals surface area contributed by atoms with Crippen LogP contribution in [0.3, 0.4) is 0 Å². The number of aromatic nitrogens is 2. The molecule has 0 atom stereocenters. The highest BCUT2D eigenvalue weighted by molar-refractivity contribution is 5.89. The van der Waals surface area contributed by atoms with E-state index >= 15 is 0 Å². The summed E-state index contributed by atoms with van der Waals surface area (Å²) in [7, 11) is 0. The van der Waals surface area contributed by atoms with Crippen molar-refractivity contribution in [2.24, 2.45) is 0 Å². The Morgan fingerprint density at radius 1 is 1.00 bits per heavy atom. The van der Waals surface area contributed by atoms with Crippen molar-refractivity contribution in [3.63, 3.8) is 0 Å². The Labute approximate surface area is 214 Å². The first-order valence-electron chi connectivity index (χ1n) is 13.2. The molecule has 1 aliphatic heterocycles. The SMILES string of the molecule is CC(C)(C)OC(=O)N1CCc2cc(-n3nc(C(C)(C)C)cc3NC(=O)NC3CCCCC3)ccc2C1. The average molecular weight is 496 g/mol. The topological polar surface area (TPSA) is 88.5 Å². The number of hydrogen-bond donors (Lipinski definition) is 2. The first-order chi connectivity index (χ1) is 16.9. The molecule has 0 radical (unpaired) electrons. The number of fused-ring (bicyclic) bond motifs is 1. The van der Waals surface area contributed by atoms with E-state index in [1.165, 1.54) is 12.0 Å². The fraction of sp³-hybridized carbons (Fsp3) is 0.607. The van der Waals surface area contributed by atoms with E-state index in [1.54, 1.807) is 4.90 Å². The fourth-order valence-corrected chi connectivity index (χ4v) is 4.77. The highest BCUT2D eigenvalue weighted by atomic mass is 16.6. The third kappa shape index (κ3) is 6.39. The quantitative estimate of drug-likeness (QED) is 0.553. The summed E-state index contributed by atoms with van der Waals surface area (Å²) < 4.78 is 7.37. The van der Waals surface area contributed by atoms with Crippen LogP contribution in [0.4, 0.5) is 15.4 Å². The first kappa shape index (κ1) is 26.0. The number of rotatable bonds is 3. The molecule has 3 amide bonds. The van der Waals surface area contributed by atoms with Crippen molar-refractivity contribution < 1.29 is 14.3 Å². The molecule has 8 nitrogen and oxygen atoms in total. The van der Waals surface area contributed by atoms with E-state index in [0.29, 0.717) is 18.9 Å². The summed E-state index contributed by atoms with van der Waals surface area (Å²) in [5.41, 5.74) is 3.40. The van der Waals surface area contributed by atoms with Gasteiger partial charge in [-0.1, -0.05) is 46.1 Å². The van der Waals surface area contributed by atoms with E-state index < -0.39 is 5.60 Å². The zero-order valence-electron chi connectivity index (χ0n) is 22.6. The Morgan fingerprint density at radius 3 is 2.39 bits per heavy atom. The molecular formula is C28H41N5O3. The largest absolute Gasteiger partial charge is 0.444 e. The average Bonchev–Trinajstić information content (AvgIpc) is 3.22. The first-order valence-corrected chi connectivity index (χ1v) is 13.2. The van der Waals surface area contributed by atoms with E-state index in [2.05, 4.69) is 37.5 Å². The van der Waals surface area contributed by atoms with Gasteiger partial charge in [0.25, 0.3) is 0 Å². The molecule has 0 bridgehead atoms. The van der Waals surface area contributed by atoms with Crippen LogP contribution >= 0.6 is 0 Å². The second-order valence-electron chi connectivity index (χ2n) is 12.1. The summed E-state index contributed by atoms with van der Waals surface area (Å²) in [6, 6.07) is 8.17. The summed E-state index contributed by atoms with van der Waals surface area (Å²) >= 11 is 0. The molecule has 1 aliphatic carbocycles. The molecule has 196 valence electrons. The van der Waals surface area contributed by atoms with Gasteiger partial charge in [-0.15, -0.1) is 0 Å². The van der Waals surface area contributed by atoms with Gasteiger partial charge in [0.2, 0.25) is 0 Å². The Morgan fingerprint density at radius 2 is 1.72 bits per heavy atom. The van der Waals surface area contributed by atoms with Crippen molar-refractivity contribution in [1.82, 2.24) is 20.0 Å². The van der Waals surface area contributed by atoms with Crippen molar-refractivity contribution >= 4 is 17.9 Å². The number of benzene rings is 1. The zero-order valence-corrected chi connectivity index (χ0v) is 22.6. The lowest BCUT2D eigenvalue weighted by Crippen LogP contribution is -2.40. The van der Waals surface area contributed by atoms with Gasteiger partial charge in [0.15, 0.2) is 0 Å². The summed E-state index contributed by atoms with van der Waals surface area (Å²) in [6.45, 7) is 13.1. The molecule has 36 heavy (non-hydrogen) atoms. The van der Waals surface area contributed by atoms with Crippen LogP contribution < -0.4 is 10.6 Å². The van der Waals surface area contributed by atoms with Crippen molar-refractivity contribution in [2.45, 2.75) is 104 Å². The highest BCUT2D eigenvalue weighted by Gasteiger charge is 2.27. The van der Waals surface area contributed by atoms with Gasteiger partial charge in [0, 0.05) is 30.6 Å². The van der Waals surface area contributed by atoms with Gasteiger partial charge < -0.3 is 15.0 Å². The van der Waals surface area contributed by atoms with Gasteiger partial charge in [-0.3, -0.25) is 5.32 Å². The summed E-state index contributed by atoms with van der Waals surface area (Å²) in [5.74, 6) is 0.652. The minimum atomic E-state index is -0.515. The Balaban J connectivity index is 1.54. The van der Waals surface area contributed by atoms with Crippen LogP contribution in [0.15, 0.2) is 24.3 Å². The zero-order chi connectivity index (χ0) is 26.1. The van der Waals surface area contributed by atoms with Crippen molar-refractivity contribution in [1.29, 1.82) is 0 Å². The van der Waals surface area contributed by atoms with Crippen LogP contribution in [0, 0.1) is 0 Å². The standard InChI is InChI=1S/C28H41N5O3/c1-27(2,3)23-17-24(30-25(34)29-21-10-8-7-9-11-21)33(31-23)22-13-12-20-18-32(15-14-19(20)16-22)26(35)36-28(4,5)6/h12-13,16-17,21H,7-11,14-15,18H2,1-6H3,(H2,29,30,34). The van der Waals surface area contributed by atoms with Crippen LogP contribution in [-0.2, 0) is 23.1 Å². The summed E-state index contributed by atoms with van der Waals surface area (Å²) in [4.78, 5) is 27.1. The number of carbonyl (C=O) groups is 2. The maximum atomic E-state index is 12.8. The van der Waals surface area contributed by atoms with Gasteiger partial charge in [0.05, 0.1) is 11.4 Å². The summed E-state index contributed by atoms with van der Waals surface area (Å²) in [6.07, 6.45) is 6.09. The highest BCUT2D eigenvalue weighted by Crippen LogP contribution is 2.29. The maximum Gasteiger partial charge on any atom is 0.410 e. The second kappa shape index (κ2) is 10.1. The smallest absolute Gasteiger partial charge is 0.410 e. The van der Waals surface area contributed by atoms with E-state index in [4.69, 9.17) is 9.84 Å². The molecule has 2 aliphatic rings. The Kier molecular flexibility index (Phi) is 7.34. The van der Waals surface area contributed by atoms with E-state index in [0.717, 1.165) is 49.0 Å². The molecule has 2 heterocycles. The van der Waals surface area contributed by atoms with E-state index in [-0.39, 0.29) is 23.6 Å². The molecule has 4 rings (SSSR count). The predicted molar refractivity (Wildman–Crippen MR) is 142 cm³/mol. The van der Waals surface area contributed by atoms with E-state index in [9.17, 15) is 9.59 Å². The second-order valence-corrected chi connectivity index (χ2v) is 12.1. The minimum Gasteiger partial charge on any atom is -0.444 e. The molecule has 1 saturated carbocycles. The molecule has 2 N–H and O–H groups in total. The fourth-order valence-electron chi connectivity index (χ4n) is 4.77. The van der Waals surface area contributed by atoms with Crippen molar-refractivity contribution in [2.75, 3.05) is 11.9 Å². The van der Waals surface area contributed by atoms with Crippen molar-refractivity contribution in [3.05, 3.63) is 41.1 Å². The molecule has 1 fully saturated rings. The van der Waals surface area contributed by atoms with Gasteiger partial charge in [0.1, 0.15) is 11.4 Å². The number of nitrogens with zero attached hydrogens (tertiary/aromatic N) is 3. The van der Waals surface area contributed by atoms with E-state index in [1.807, 2.05) is 43.7 Å². The van der Waals surface area contributed by atoms with Gasteiger partial charge in [-0.05, 0) is 63.3 Å². The minimum absolute atomic E-state index is 0.163. The molecule has 2 aromatic rings. The van der Waals surface area contributed by atoms with Crippen LogP contribution in [0.2, 0.25) is 0 Å². The third-order valence-electron chi connectivity index (χ3n) is 6.76. The molecule has 0 spiro atoms. The predicted octanol–water partition coefficient (Wildman–Crippen LogP) is 5.92. The van der Waals surface area contributed by atoms with Crippen LogP contribution in [0.25, 0.3) is 5.69 Å². The Bertz CT molecular complexity index is 1100. The number of nitrogens with one attached hydrogen (secondary N) is 2. The monoisotopic (exact) mass is 495 g/mol. The van der Waals surface area contributed by atoms with Crippen molar-refractivity contribution in [3.8, 4) is 5.69 Å². The molecule has 0 saturated heterocycles. The molecule has 8 heteroatoms. The lowest BCUT2D eigenvalue weighted by atomic mass is 9.92.